The van der Waals surface area contributed by atoms with E-state index in [1.165, 1.54) is 38.9 Å². The summed E-state index contributed by atoms with van der Waals surface area (Å²) in [6.07, 6.45) is 4.05. The molecule has 0 amide bonds. The molecule has 2 heteroatoms. The van der Waals surface area contributed by atoms with E-state index in [2.05, 4.69) is 44.8 Å². The Morgan fingerprint density at radius 3 is 2.29 bits per heavy atom. The van der Waals surface area contributed by atoms with Crippen molar-refractivity contribution in [3.05, 3.63) is 0 Å². The fourth-order valence-electron chi connectivity index (χ4n) is 1.94. The minimum Gasteiger partial charge on any atom is -0.309 e. The predicted molar refractivity (Wildman–Crippen MR) is 64.7 cm³/mol. The molecule has 1 aliphatic heterocycles. The summed E-state index contributed by atoms with van der Waals surface area (Å²) in [6.45, 7) is 8.09. The van der Waals surface area contributed by atoms with Crippen LogP contribution in [0.5, 0.6) is 0 Å². The summed E-state index contributed by atoms with van der Waals surface area (Å²) >= 11 is 0. The van der Waals surface area contributed by atoms with E-state index in [-0.39, 0.29) is 0 Å². The van der Waals surface area contributed by atoms with Gasteiger partial charge in [0, 0.05) is 13.1 Å². The molecule has 14 heavy (non-hydrogen) atoms. The lowest BCUT2D eigenvalue weighted by molar-refractivity contribution is 0.178. The number of rotatable bonds is 2. The van der Waals surface area contributed by atoms with Crippen LogP contribution >= 0.6 is 0 Å². The number of hydrogen-bond donors (Lipinski definition) is 0. The molecule has 1 heterocycles. The minimum absolute atomic E-state index is 0.906. The lowest BCUT2D eigenvalue weighted by atomic mass is 9.98. The molecule has 2 nitrogen and oxygen atoms in total. The predicted octanol–water partition coefficient (Wildman–Crippen LogP) is 2.31. The van der Waals surface area contributed by atoms with Gasteiger partial charge in [0.25, 0.3) is 0 Å². The maximum Gasteiger partial charge on any atom is 0.00188 e. The Balaban J connectivity index is 0.000000500. The summed E-state index contributed by atoms with van der Waals surface area (Å²) in [5, 5.41) is 0. The largest absolute Gasteiger partial charge is 0.309 e. The zero-order chi connectivity index (χ0) is 11.0. The highest BCUT2D eigenvalue weighted by Gasteiger charge is 2.16. The van der Waals surface area contributed by atoms with E-state index in [9.17, 15) is 0 Å². The Labute approximate surface area is 90.3 Å². The molecule has 1 fully saturated rings. The molecule has 1 rings (SSSR count). The van der Waals surface area contributed by atoms with Crippen LogP contribution in [0.25, 0.3) is 0 Å². The van der Waals surface area contributed by atoms with Crippen molar-refractivity contribution in [2.45, 2.75) is 33.1 Å². The zero-order valence-corrected chi connectivity index (χ0v) is 10.7. The van der Waals surface area contributed by atoms with Crippen LogP contribution in [0.4, 0.5) is 0 Å². The third kappa shape index (κ3) is 7.34. The fraction of sp³-hybridized carbons (Fsp3) is 1.00. The maximum absolute atomic E-state index is 2.44. The van der Waals surface area contributed by atoms with Crippen LogP contribution in [0.15, 0.2) is 0 Å². The van der Waals surface area contributed by atoms with Crippen molar-refractivity contribution in [2.75, 3.05) is 40.8 Å². The molecule has 0 aliphatic carbocycles. The number of likely N-dealkylation sites (tertiary alicyclic amines) is 1. The zero-order valence-electron chi connectivity index (χ0n) is 10.7. The van der Waals surface area contributed by atoms with E-state index >= 15 is 0 Å². The molecule has 0 aromatic rings. The number of nitrogens with zero attached hydrogens (tertiary/aromatic N) is 2. The van der Waals surface area contributed by atoms with E-state index in [1.807, 2.05) is 0 Å². The van der Waals surface area contributed by atoms with Crippen molar-refractivity contribution in [3.63, 3.8) is 0 Å². The minimum atomic E-state index is 0.906. The van der Waals surface area contributed by atoms with Crippen molar-refractivity contribution in [2.24, 2.45) is 5.92 Å². The molecular formula is C12H28N2. The summed E-state index contributed by atoms with van der Waals surface area (Å²) in [6, 6.07) is 0. The van der Waals surface area contributed by atoms with Crippen molar-refractivity contribution < 1.29 is 0 Å². The third-order valence-corrected chi connectivity index (χ3v) is 2.35. The van der Waals surface area contributed by atoms with Gasteiger partial charge in [0.05, 0.1) is 0 Å². The van der Waals surface area contributed by atoms with Gasteiger partial charge in [-0.1, -0.05) is 20.3 Å². The molecule has 86 valence electrons. The van der Waals surface area contributed by atoms with Gasteiger partial charge >= 0.3 is 0 Å². The summed E-state index contributed by atoms with van der Waals surface area (Å²) in [5.41, 5.74) is 0. The first-order valence-electron chi connectivity index (χ1n) is 5.93. The Bertz CT molecular complexity index is 121. The Kier molecular flexibility index (Phi) is 8.20. The topological polar surface area (TPSA) is 6.48 Å². The standard InChI is InChI=1S/C9H20N2.C3H8/c1-10(2)7-9-5-4-6-11(3)8-9;1-3-2/h9H,4-8H2,1-3H3;3H2,1-2H3. The van der Waals surface area contributed by atoms with E-state index in [1.54, 1.807) is 0 Å². The van der Waals surface area contributed by atoms with Crippen LogP contribution in [0.1, 0.15) is 33.1 Å². The lowest BCUT2D eigenvalue weighted by Gasteiger charge is -2.31. The van der Waals surface area contributed by atoms with Crippen molar-refractivity contribution in [1.29, 1.82) is 0 Å². The first-order valence-corrected chi connectivity index (χ1v) is 5.93. The smallest absolute Gasteiger partial charge is 0.00188 e. The van der Waals surface area contributed by atoms with E-state index in [0.29, 0.717) is 0 Å². The molecule has 0 bridgehead atoms. The molecule has 0 saturated carbocycles. The van der Waals surface area contributed by atoms with Crippen LogP contribution in [0, 0.1) is 5.92 Å². The average Bonchev–Trinajstić information content (AvgIpc) is 2.03. The second-order valence-corrected chi connectivity index (χ2v) is 4.74. The molecule has 1 unspecified atom stereocenters. The van der Waals surface area contributed by atoms with Gasteiger partial charge in [-0.3, -0.25) is 0 Å². The number of piperidine rings is 1. The summed E-state index contributed by atoms with van der Waals surface area (Å²) in [4.78, 5) is 4.74. The molecule has 1 saturated heterocycles. The van der Waals surface area contributed by atoms with E-state index in [4.69, 9.17) is 0 Å². The second kappa shape index (κ2) is 8.25. The average molecular weight is 200 g/mol. The Morgan fingerprint density at radius 2 is 1.86 bits per heavy atom. The monoisotopic (exact) mass is 200 g/mol. The summed E-state index contributed by atoms with van der Waals surface area (Å²) in [5.74, 6) is 0.906. The highest BCUT2D eigenvalue weighted by Crippen LogP contribution is 2.14. The van der Waals surface area contributed by atoms with Gasteiger partial charge in [-0.05, 0) is 46.4 Å². The first kappa shape index (κ1) is 13.9. The quantitative estimate of drug-likeness (QED) is 0.675. The third-order valence-electron chi connectivity index (χ3n) is 2.35. The van der Waals surface area contributed by atoms with Gasteiger partial charge in [-0.25, -0.2) is 0 Å². The first-order chi connectivity index (χ1) is 6.60. The van der Waals surface area contributed by atoms with Crippen LogP contribution in [-0.4, -0.2) is 50.6 Å². The summed E-state index contributed by atoms with van der Waals surface area (Å²) < 4.78 is 0. The molecule has 0 spiro atoms. The second-order valence-electron chi connectivity index (χ2n) is 4.74. The molecular weight excluding hydrogens is 172 g/mol. The van der Waals surface area contributed by atoms with Crippen LogP contribution in [0.3, 0.4) is 0 Å². The SMILES string of the molecule is CCC.CN(C)CC1CCCN(C)C1. The van der Waals surface area contributed by atoms with E-state index in [0.717, 1.165) is 5.92 Å². The lowest BCUT2D eigenvalue weighted by Crippen LogP contribution is -2.36. The number of hydrogen-bond acceptors (Lipinski definition) is 2. The highest BCUT2D eigenvalue weighted by atomic mass is 15.1. The van der Waals surface area contributed by atoms with Gasteiger partial charge in [-0.2, -0.15) is 0 Å². The van der Waals surface area contributed by atoms with Gasteiger partial charge in [0.1, 0.15) is 0 Å². The normalized spacial score (nSPS) is 23.1. The van der Waals surface area contributed by atoms with Crippen molar-refractivity contribution in [1.82, 2.24) is 9.80 Å². The van der Waals surface area contributed by atoms with Crippen LogP contribution < -0.4 is 0 Å². The van der Waals surface area contributed by atoms with Crippen molar-refractivity contribution >= 4 is 0 Å². The highest BCUT2D eigenvalue weighted by molar-refractivity contribution is 4.71. The molecule has 1 aliphatic rings. The molecule has 1 atom stereocenters. The molecule has 0 N–H and O–H groups in total. The van der Waals surface area contributed by atoms with Gasteiger partial charge in [0.15, 0.2) is 0 Å². The summed E-state index contributed by atoms with van der Waals surface area (Å²) in [7, 11) is 6.55. The Morgan fingerprint density at radius 1 is 1.29 bits per heavy atom. The fourth-order valence-corrected chi connectivity index (χ4v) is 1.94. The Hall–Kier alpha value is -0.0800. The van der Waals surface area contributed by atoms with Crippen LogP contribution in [0.2, 0.25) is 0 Å². The van der Waals surface area contributed by atoms with Crippen LogP contribution in [-0.2, 0) is 0 Å². The van der Waals surface area contributed by atoms with Crippen molar-refractivity contribution in [3.8, 4) is 0 Å². The maximum atomic E-state index is 2.44. The van der Waals surface area contributed by atoms with Gasteiger partial charge in [-0.15, -0.1) is 0 Å². The molecule has 0 aromatic heterocycles. The van der Waals surface area contributed by atoms with Gasteiger partial charge in [0.2, 0.25) is 0 Å². The van der Waals surface area contributed by atoms with Gasteiger partial charge < -0.3 is 9.80 Å². The molecule has 0 radical (unpaired) electrons. The van der Waals surface area contributed by atoms with E-state index < -0.39 is 0 Å². The molecule has 0 aromatic carbocycles.